The highest BCUT2D eigenvalue weighted by Gasteiger charge is 2.51. The molecule has 2 rings (SSSR count). The van der Waals surface area contributed by atoms with Crippen molar-refractivity contribution in [2.45, 2.75) is 102 Å². The summed E-state index contributed by atoms with van der Waals surface area (Å²) >= 11 is 0. The quantitative estimate of drug-likeness (QED) is 0.0747. The normalized spacial score (nSPS) is 30.1. The van der Waals surface area contributed by atoms with Gasteiger partial charge in [0, 0.05) is 68.0 Å². The van der Waals surface area contributed by atoms with Crippen LogP contribution in [0.1, 0.15) is 53.4 Å². The number of phosphoric ester groups is 1. The minimum absolute atomic E-state index is 0.0398. The molecule has 2 unspecified atom stereocenters. The molecule has 0 radical (unpaired) electrons. The smallest absolute Gasteiger partial charge is 0.463 e. The van der Waals surface area contributed by atoms with Crippen LogP contribution in [-0.4, -0.2) is 125 Å². The minimum atomic E-state index is -4.34. The maximum absolute atomic E-state index is 12.8. The predicted molar refractivity (Wildman–Crippen MR) is 158 cm³/mol. The van der Waals surface area contributed by atoms with Gasteiger partial charge >= 0.3 is 25.7 Å². The number of ether oxygens (including phenoxy) is 7. The molecule has 1 saturated carbocycles. The third-order valence-electron chi connectivity index (χ3n) is 7.38. The lowest BCUT2D eigenvalue weighted by Gasteiger charge is -2.44. The van der Waals surface area contributed by atoms with Gasteiger partial charge in [-0.2, -0.15) is 0 Å². The Kier molecular flexibility index (Phi) is 16.7. The van der Waals surface area contributed by atoms with E-state index in [9.17, 15) is 33.4 Å². The summed E-state index contributed by atoms with van der Waals surface area (Å²) in [6, 6.07) is -1.63. The molecule has 0 aromatic heterocycles. The van der Waals surface area contributed by atoms with E-state index in [1.807, 2.05) is 0 Å². The molecule has 1 saturated heterocycles. The molecule has 0 aromatic rings. The Labute approximate surface area is 273 Å². The first kappa shape index (κ1) is 40.5. The molecule has 47 heavy (non-hydrogen) atoms. The zero-order valence-electron chi connectivity index (χ0n) is 27.7. The fraction of sp³-hybridized carbons (Fsp3) is 0.821. The molecule has 0 bridgehead atoms. The third kappa shape index (κ3) is 13.0. The number of esters is 3. The molecule has 2 aliphatic rings. The van der Waals surface area contributed by atoms with Gasteiger partial charge in [-0.15, -0.1) is 0 Å². The van der Waals surface area contributed by atoms with Crippen LogP contribution in [0.4, 0.5) is 0 Å². The number of phosphoric acid groups is 1. The Hall–Kier alpha value is -2.70. The van der Waals surface area contributed by atoms with E-state index in [4.69, 9.17) is 37.7 Å². The van der Waals surface area contributed by atoms with Crippen LogP contribution in [0, 0.1) is 5.92 Å². The highest BCUT2D eigenvalue weighted by atomic mass is 31.2. The largest absolute Gasteiger partial charge is 0.472 e. The first-order valence-corrected chi connectivity index (χ1v) is 16.5. The van der Waals surface area contributed by atoms with Crippen molar-refractivity contribution < 1.29 is 75.6 Å². The van der Waals surface area contributed by atoms with E-state index in [1.54, 1.807) is 0 Å². The summed E-state index contributed by atoms with van der Waals surface area (Å²) in [5, 5.41) is 5.51. The Morgan fingerprint density at radius 3 is 2.06 bits per heavy atom. The van der Waals surface area contributed by atoms with Crippen molar-refractivity contribution in [1.82, 2.24) is 10.6 Å². The van der Waals surface area contributed by atoms with Gasteiger partial charge in [0.1, 0.15) is 31.0 Å². The number of carbonyl (C=O) groups is 5. The topological polar surface area (TPSA) is 230 Å². The molecule has 270 valence electrons. The SMILES string of the molecule is COC[C@H]1C[C@@H](NC(=O)CCCCO[C@@H]2O[C@H](COC(C)=O)[C@H](OC(C)=O)[C@H](OC(C)=O)[C@H]2NC(C)=O)[C@@H](OC)C1OP(=O)(O)OC. The van der Waals surface area contributed by atoms with Gasteiger partial charge in [0.05, 0.1) is 12.6 Å². The molecular formula is C28H47N2O16P. The molecule has 1 aliphatic carbocycles. The second-order valence-electron chi connectivity index (χ2n) is 11.1. The van der Waals surface area contributed by atoms with E-state index in [-0.39, 0.29) is 38.1 Å². The number of carbonyl (C=O) groups excluding carboxylic acids is 5. The summed E-state index contributed by atoms with van der Waals surface area (Å²) in [5.74, 6) is -3.25. The molecule has 2 fully saturated rings. The van der Waals surface area contributed by atoms with Crippen LogP contribution in [0.2, 0.25) is 0 Å². The highest BCUT2D eigenvalue weighted by Crippen LogP contribution is 2.48. The summed E-state index contributed by atoms with van der Waals surface area (Å²) in [6.45, 7) is 4.57. The molecule has 3 N–H and O–H groups in total. The number of rotatable bonds is 18. The number of hydrogen-bond donors (Lipinski definition) is 3. The van der Waals surface area contributed by atoms with Crippen LogP contribution < -0.4 is 10.6 Å². The lowest BCUT2D eigenvalue weighted by atomic mass is 9.96. The van der Waals surface area contributed by atoms with E-state index >= 15 is 0 Å². The molecule has 10 atom stereocenters. The van der Waals surface area contributed by atoms with Crippen LogP contribution in [0.5, 0.6) is 0 Å². The standard InChI is InChI=1S/C28H47N2O16P/c1-15(31)29-23-27(44-18(4)34)26(43-17(3)33)21(14-42-16(2)32)45-28(23)41-11-9-8-10-22(35)30-20-12-19(13-38-5)24(25(20)39-6)46-47(36,37)40-7/h19-21,23-28H,8-14H2,1-7H3,(H,29,31)(H,30,35)(H,36,37)/t19-,20-,21-,23-,24?,25-,26+,27-,28-/m1/s1. The van der Waals surface area contributed by atoms with Crippen molar-refractivity contribution in [2.24, 2.45) is 5.92 Å². The molecule has 0 aromatic carbocycles. The van der Waals surface area contributed by atoms with Gasteiger partial charge in [-0.3, -0.25) is 33.0 Å². The lowest BCUT2D eigenvalue weighted by molar-refractivity contribution is -0.277. The number of methoxy groups -OCH3 is 2. The van der Waals surface area contributed by atoms with Crippen LogP contribution >= 0.6 is 7.82 Å². The van der Waals surface area contributed by atoms with Crippen molar-refractivity contribution >= 4 is 37.5 Å². The number of amides is 2. The Morgan fingerprint density at radius 1 is 0.851 bits per heavy atom. The van der Waals surface area contributed by atoms with Crippen molar-refractivity contribution in [3.8, 4) is 0 Å². The lowest BCUT2D eigenvalue weighted by Crippen LogP contribution is -2.66. The van der Waals surface area contributed by atoms with Gasteiger partial charge in [-0.25, -0.2) is 4.57 Å². The first-order chi connectivity index (χ1) is 22.1. The number of nitrogens with one attached hydrogen (secondary N) is 2. The van der Waals surface area contributed by atoms with Crippen LogP contribution in [0.15, 0.2) is 0 Å². The summed E-state index contributed by atoms with van der Waals surface area (Å²) < 4.78 is 60.4. The molecule has 1 aliphatic heterocycles. The monoisotopic (exact) mass is 698 g/mol. The van der Waals surface area contributed by atoms with E-state index in [0.717, 1.165) is 21.0 Å². The Balaban J connectivity index is 2.04. The van der Waals surface area contributed by atoms with E-state index in [0.29, 0.717) is 19.3 Å². The van der Waals surface area contributed by atoms with Crippen molar-refractivity contribution in [1.29, 1.82) is 0 Å². The average molecular weight is 699 g/mol. The van der Waals surface area contributed by atoms with Gasteiger partial charge in [0.25, 0.3) is 0 Å². The predicted octanol–water partition coefficient (Wildman–Crippen LogP) is 0.128. The highest BCUT2D eigenvalue weighted by molar-refractivity contribution is 7.47. The summed E-state index contributed by atoms with van der Waals surface area (Å²) in [6.07, 6.45) is -5.24. The van der Waals surface area contributed by atoms with Crippen molar-refractivity contribution in [3.05, 3.63) is 0 Å². The third-order valence-corrected chi connectivity index (χ3v) is 8.35. The maximum atomic E-state index is 12.8. The fourth-order valence-electron chi connectivity index (χ4n) is 5.55. The number of unbranched alkanes of at least 4 members (excludes halogenated alkanes) is 1. The van der Waals surface area contributed by atoms with Crippen LogP contribution in [0.25, 0.3) is 0 Å². The maximum Gasteiger partial charge on any atom is 0.472 e. The van der Waals surface area contributed by atoms with E-state index in [2.05, 4.69) is 15.2 Å². The second-order valence-corrected chi connectivity index (χ2v) is 12.6. The zero-order chi connectivity index (χ0) is 35.3. The zero-order valence-corrected chi connectivity index (χ0v) is 28.6. The van der Waals surface area contributed by atoms with Crippen molar-refractivity contribution in [3.63, 3.8) is 0 Å². The Bertz CT molecular complexity index is 1120. The van der Waals surface area contributed by atoms with E-state index < -0.39 is 80.5 Å². The summed E-state index contributed by atoms with van der Waals surface area (Å²) in [7, 11) is -0.412. The first-order valence-electron chi connectivity index (χ1n) is 15.0. The number of hydrogen-bond acceptors (Lipinski definition) is 15. The van der Waals surface area contributed by atoms with Gasteiger partial charge in [0.2, 0.25) is 11.8 Å². The van der Waals surface area contributed by atoms with Crippen LogP contribution in [0.3, 0.4) is 0 Å². The van der Waals surface area contributed by atoms with Crippen LogP contribution in [-0.2, 0) is 70.7 Å². The molecule has 1 heterocycles. The molecule has 18 nitrogen and oxygen atoms in total. The minimum Gasteiger partial charge on any atom is -0.463 e. The molecular weight excluding hydrogens is 651 g/mol. The van der Waals surface area contributed by atoms with Gasteiger partial charge in [0.15, 0.2) is 18.5 Å². The summed E-state index contributed by atoms with van der Waals surface area (Å²) in [4.78, 5) is 70.2. The Morgan fingerprint density at radius 2 is 1.51 bits per heavy atom. The summed E-state index contributed by atoms with van der Waals surface area (Å²) in [5.41, 5.74) is 0. The molecule has 2 amide bonds. The van der Waals surface area contributed by atoms with Gasteiger partial charge < -0.3 is 48.7 Å². The van der Waals surface area contributed by atoms with Gasteiger partial charge in [-0.05, 0) is 19.3 Å². The average Bonchev–Trinajstić information content (AvgIpc) is 3.28. The van der Waals surface area contributed by atoms with Crippen molar-refractivity contribution in [2.75, 3.05) is 41.2 Å². The second kappa shape index (κ2) is 19.3. The molecule has 0 spiro atoms. The molecule has 19 heteroatoms. The fourth-order valence-corrected chi connectivity index (χ4v) is 6.24. The van der Waals surface area contributed by atoms with Gasteiger partial charge in [-0.1, -0.05) is 0 Å². The van der Waals surface area contributed by atoms with E-state index in [1.165, 1.54) is 28.1 Å².